The Morgan fingerprint density at radius 3 is 3.00 bits per heavy atom. The monoisotopic (exact) mass is 256 g/mol. The minimum Gasteiger partial charge on any atom is -0.494 e. The molecule has 1 aromatic rings. The van der Waals surface area contributed by atoms with E-state index in [9.17, 15) is 9.50 Å². The van der Waals surface area contributed by atoms with Gasteiger partial charge in [0.15, 0.2) is 11.6 Å². The number of hydrogen-bond donors (Lipinski definition) is 1. The topological polar surface area (TPSA) is 47.9 Å². The number of aliphatic hydroxyl groups is 1. The van der Waals surface area contributed by atoms with Gasteiger partial charge in [-0.3, -0.25) is 0 Å². The van der Waals surface area contributed by atoms with Crippen LogP contribution >= 0.6 is 0 Å². The van der Waals surface area contributed by atoms with Crippen molar-refractivity contribution in [1.29, 1.82) is 0 Å². The molecule has 1 N–H and O–H groups in total. The SMILES string of the molecule is COc1cccc(CC(O)C2COCCO2)c1F. The molecule has 100 valence electrons. The Hall–Kier alpha value is -1.17. The van der Waals surface area contributed by atoms with E-state index in [1.807, 2.05) is 0 Å². The Morgan fingerprint density at radius 2 is 2.33 bits per heavy atom. The minimum absolute atomic E-state index is 0.178. The number of benzene rings is 1. The van der Waals surface area contributed by atoms with Crippen LogP contribution in [0.15, 0.2) is 18.2 Å². The van der Waals surface area contributed by atoms with Gasteiger partial charge < -0.3 is 19.3 Å². The Kier molecular flexibility index (Phi) is 4.52. The molecular formula is C13H17FO4. The van der Waals surface area contributed by atoms with Gasteiger partial charge in [0.2, 0.25) is 0 Å². The Balaban J connectivity index is 2.04. The normalized spacial score (nSPS) is 21.6. The molecule has 1 fully saturated rings. The quantitative estimate of drug-likeness (QED) is 0.878. The average molecular weight is 256 g/mol. The van der Waals surface area contributed by atoms with Gasteiger partial charge in [0.25, 0.3) is 0 Å². The molecule has 0 amide bonds. The van der Waals surface area contributed by atoms with Crippen molar-refractivity contribution in [3.63, 3.8) is 0 Å². The van der Waals surface area contributed by atoms with Gasteiger partial charge in [0.05, 0.1) is 33.0 Å². The number of rotatable bonds is 4. The maximum Gasteiger partial charge on any atom is 0.168 e. The molecule has 1 heterocycles. The van der Waals surface area contributed by atoms with E-state index in [0.29, 0.717) is 25.4 Å². The Labute approximate surface area is 105 Å². The number of aliphatic hydroxyl groups excluding tert-OH is 1. The van der Waals surface area contributed by atoms with Gasteiger partial charge in [-0.1, -0.05) is 12.1 Å². The summed E-state index contributed by atoms with van der Waals surface area (Å²) in [6.45, 7) is 1.34. The Morgan fingerprint density at radius 1 is 1.50 bits per heavy atom. The highest BCUT2D eigenvalue weighted by Crippen LogP contribution is 2.22. The number of hydrogen-bond acceptors (Lipinski definition) is 4. The first-order chi connectivity index (χ1) is 8.72. The summed E-state index contributed by atoms with van der Waals surface area (Å²) in [5.41, 5.74) is 0.413. The van der Waals surface area contributed by atoms with E-state index in [1.54, 1.807) is 18.2 Å². The van der Waals surface area contributed by atoms with E-state index < -0.39 is 18.0 Å². The van der Waals surface area contributed by atoms with Crippen LogP contribution in [0.1, 0.15) is 5.56 Å². The first-order valence-electron chi connectivity index (χ1n) is 5.91. The number of ether oxygens (including phenoxy) is 3. The molecule has 2 atom stereocenters. The van der Waals surface area contributed by atoms with Gasteiger partial charge in [-0.05, 0) is 11.6 Å². The molecule has 0 aromatic heterocycles. The van der Waals surface area contributed by atoms with E-state index in [4.69, 9.17) is 14.2 Å². The maximum atomic E-state index is 13.9. The molecule has 0 aliphatic carbocycles. The highest BCUT2D eigenvalue weighted by molar-refractivity contribution is 5.31. The van der Waals surface area contributed by atoms with Gasteiger partial charge in [-0.2, -0.15) is 0 Å². The predicted molar refractivity (Wildman–Crippen MR) is 63.2 cm³/mol. The summed E-state index contributed by atoms with van der Waals surface area (Å²) in [5.74, 6) is -0.253. The largest absolute Gasteiger partial charge is 0.494 e. The summed E-state index contributed by atoms with van der Waals surface area (Å²) in [5, 5.41) is 10.0. The first-order valence-corrected chi connectivity index (χ1v) is 5.91. The zero-order valence-electron chi connectivity index (χ0n) is 10.3. The van der Waals surface area contributed by atoms with E-state index in [-0.39, 0.29) is 12.2 Å². The van der Waals surface area contributed by atoms with Crippen LogP contribution in [-0.4, -0.2) is 44.2 Å². The lowest BCUT2D eigenvalue weighted by molar-refractivity contribution is -0.131. The zero-order chi connectivity index (χ0) is 13.0. The van der Waals surface area contributed by atoms with E-state index in [0.717, 1.165) is 0 Å². The summed E-state index contributed by atoms with van der Waals surface area (Å²) >= 11 is 0. The van der Waals surface area contributed by atoms with Crippen LogP contribution in [0.5, 0.6) is 5.75 Å². The molecule has 4 nitrogen and oxygen atoms in total. The van der Waals surface area contributed by atoms with Crippen molar-refractivity contribution in [2.24, 2.45) is 0 Å². The van der Waals surface area contributed by atoms with Crippen molar-refractivity contribution >= 4 is 0 Å². The van der Waals surface area contributed by atoms with Crippen LogP contribution in [0.3, 0.4) is 0 Å². The van der Waals surface area contributed by atoms with Gasteiger partial charge in [-0.25, -0.2) is 4.39 Å². The van der Waals surface area contributed by atoms with Crippen LogP contribution in [0.4, 0.5) is 4.39 Å². The van der Waals surface area contributed by atoms with Gasteiger partial charge in [0, 0.05) is 6.42 Å². The van der Waals surface area contributed by atoms with Crippen LogP contribution in [0.25, 0.3) is 0 Å². The third-order valence-corrected chi connectivity index (χ3v) is 2.96. The highest BCUT2D eigenvalue weighted by Gasteiger charge is 2.24. The van der Waals surface area contributed by atoms with Crippen molar-refractivity contribution in [3.8, 4) is 5.75 Å². The molecule has 0 radical (unpaired) electrons. The standard InChI is InChI=1S/C13H17FO4/c1-16-11-4-2-3-9(13(11)14)7-10(15)12-8-17-5-6-18-12/h2-4,10,12,15H,5-8H2,1H3. The molecule has 0 bridgehead atoms. The van der Waals surface area contributed by atoms with Crippen molar-refractivity contribution in [3.05, 3.63) is 29.6 Å². The molecule has 2 rings (SSSR count). The van der Waals surface area contributed by atoms with E-state index in [1.165, 1.54) is 7.11 Å². The second kappa shape index (κ2) is 6.13. The molecule has 18 heavy (non-hydrogen) atoms. The second-order valence-corrected chi connectivity index (χ2v) is 4.19. The van der Waals surface area contributed by atoms with Gasteiger partial charge >= 0.3 is 0 Å². The summed E-state index contributed by atoms with van der Waals surface area (Å²) < 4.78 is 29.4. The third kappa shape index (κ3) is 2.98. The zero-order valence-corrected chi connectivity index (χ0v) is 10.3. The van der Waals surface area contributed by atoms with E-state index >= 15 is 0 Å². The fraction of sp³-hybridized carbons (Fsp3) is 0.538. The minimum atomic E-state index is -0.785. The molecule has 2 unspecified atom stereocenters. The van der Waals surface area contributed by atoms with Crippen molar-refractivity contribution in [2.45, 2.75) is 18.6 Å². The molecule has 0 spiro atoms. The third-order valence-electron chi connectivity index (χ3n) is 2.96. The summed E-state index contributed by atoms with van der Waals surface area (Å²) in [6, 6.07) is 4.87. The summed E-state index contributed by atoms with van der Waals surface area (Å²) in [6.07, 6.45) is -1.01. The van der Waals surface area contributed by atoms with Crippen LogP contribution in [-0.2, 0) is 15.9 Å². The van der Waals surface area contributed by atoms with E-state index in [2.05, 4.69) is 0 Å². The number of methoxy groups -OCH3 is 1. The lowest BCUT2D eigenvalue weighted by atomic mass is 10.0. The van der Waals surface area contributed by atoms with Crippen LogP contribution in [0, 0.1) is 5.82 Å². The first kappa shape index (κ1) is 13.3. The van der Waals surface area contributed by atoms with Crippen molar-refractivity contribution < 1.29 is 23.7 Å². The lowest BCUT2D eigenvalue weighted by Gasteiger charge is -2.27. The smallest absolute Gasteiger partial charge is 0.168 e. The fourth-order valence-electron chi connectivity index (χ4n) is 1.96. The number of halogens is 1. The second-order valence-electron chi connectivity index (χ2n) is 4.19. The summed E-state index contributed by atoms with van der Waals surface area (Å²) in [7, 11) is 1.41. The molecular weight excluding hydrogens is 239 g/mol. The molecule has 1 aromatic carbocycles. The van der Waals surface area contributed by atoms with Gasteiger partial charge in [0.1, 0.15) is 6.10 Å². The maximum absolute atomic E-state index is 13.9. The molecule has 1 saturated heterocycles. The average Bonchev–Trinajstić information content (AvgIpc) is 2.42. The molecule has 1 aliphatic heterocycles. The summed E-state index contributed by atoms with van der Waals surface area (Å²) in [4.78, 5) is 0. The van der Waals surface area contributed by atoms with Crippen molar-refractivity contribution in [1.82, 2.24) is 0 Å². The van der Waals surface area contributed by atoms with Crippen LogP contribution in [0.2, 0.25) is 0 Å². The van der Waals surface area contributed by atoms with Crippen LogP contribution < -0.4 is 4.74 Å². The highest BCUT2D eigenvalue weighted by atomic mass is 19.1. The van der Waals surface area contributed by atoms with Crippen molar-refractivity contribution in [2.75, 3.05) is 26.9 Å². The predicted octanol–water partition coefficient (Wildman–Crippen LogP) is 1.15. The lowest BCUT2D eigenvalue weighted by Crippen LogP contribution is -2.39. The fourth-order valence-corrected chi connectivity index (χ4v) is 1.96. The molecule has 1 aliphatic rings. The molecule has 5 heteroatoms. The Bertz CT molecular complexity index is 391. The van der Waals surface area contributed by atoms with Gasteiger partial charge in [-0.15, -0.1) is 0 Å². The molecule has 0 saturated carbocycles.